The summed E-state index contributed by atoms with van der Waals surface area (Å²) in [6.45, 7) is 8.10. The lowest BCUT2D eigenvalue weighted by Crippen LogP contribution is -2.55. The number of aryl methyl sites for hydroxylation is 1. The van der Waals surface area contributed by atoms with Gasteiger partial charge < -0.3 is 20.2 Å². The minimum atomic E-state index is -0.810. The molecular formula is C30H34N4O4S. The molecule has 0 unspecified atom stereocenters. The highest BCUT2D eigenvalue weighted by Crippen LogP contribution is 2.31. The molecule has 2 N–H and O–H groups in total. The Morgan fingerprint density at radius 3 is 2.46 bits per heavy atom. The average molecular weight is 547 g/mol. The van der Waals surface area contributed by atoms with E-state index in [0.29, 0.717) is 12.1 Å². The van der Waals surface area contributed by atoms with Gasteiger partial charge in [0, 0.05) is 25.1 Å². The van der Waals surface area contributed by atoms with Gasteiger partial charge in [0.15, 0.2) is 0 Å². The van der Waals surface area contributed by atoms with E-state index in [1.807, 2.05) is 75.7 Å². The van der Waals surface area contributed by atoms with Crippen molar-refractivity contribution in [1.29, 1.82) is 0 Å². The zero-order valence-electron chi connectivity index (χ0n) is 22.6. The van der Waals surface area contributed by atoms with E-state index >= 15 is 0 Å². The van der Waals surface area contributed by atoms with Crippen LogP contribution < -0.4 is 5.32 Å². The van der Waals surface area contributed by atoms with E-state index in [4.69, 9.17) is 0 Å². The number of hydrogen-bond acceptors (Lipinski definition) is 6. The maximum Gasteiger partial charge on any atom is 0.255 e. The number of aliphatic hydroxyl groups is 1. The summed E-state index contributed by atoms with van der Waals surface area (Å²) in [5.74, 6) is -0.964. The second-order valence-electron chi connectivity index (χ2n) is 10.8. The lowest BCUT2D eigenvalue weighted by atomic mass is 10.00. The minimum Gasteiger partial charge on any atom is -0.391 e. The Morgan fingerprint density at radius 1 is 1.10 bits per heavy atom. The number of nitrogens with zero attached hydrogens (tertiary/aromatic N) is 3. The summed E-state index contributed by atoms with van der Waals surface area (Å²) in [6.07, 6.45) is -0.645. The summed E-state index contributed by atoms with van der Waals surface area (Å²) in [4.78, 5) is 49.0. The molecule has 2 aliphatic rings. The normalized spacial score (nSPS) is 20.3. The number of nitrogens with one attached hydrogen (secondary N) is 1. The van der Waals surface area contributed by atoms with Gasteiger partial charge in [0.05, 0.1) is 28.2 Å². The number of aromatic nitrogens is 1. The highest BCUT2D eigenvalue weighted by Gasteiger charge is 2.46. The van der Waals surface area contributed by atoms with Crippen LogP contribution in [-0.2, 0) is 16.1 Å². The molecule has 0 aliphatic carbocycles. The summed E-state index contributed by atoms with van der Waals surface area (Å²) < 4.78 is 0. The Kier molecular flexibility index (Phi) is 7.55. The number of likely N-dealkylation sites (tertiary alicyclic amines) is 1. The minimum absolute atomic E-state index is 0.0619. The van der Waals surface area contributed by atoms with Crippen LogP contribution in [0.3, 0.4) is 0 Å². The fourth-order valence-electron chi connectivity index (χ4n) is 5.65. The van der Waals surface area contributed by atoms with Crippen LogP contribution in [-0.4, -0.2) is 62.3 Å². The highest BCUT2D eigenvalue weighted by molar-refractivity contribution is 7.13. The second kappa shape index (κ2) is 10.9. The first-order valence-corrected chi connectivity index (χ1v) is 14.2. The van der Waals surface area contributed by atoms with Gasteiger partial charge in [0.25, 0.3) is 5.91 Å². The Hall–Kier alpha value is -3.56. The van der Waals surface area contributed by atoms with Gasteiger partial charge in [-0.15, -0.1) is 11.3 Å². The number of rotatable bonds is 7. The van der Waals surface area contributed by atoms with Gasteiger partial charge in [-0.3, -0.25) is 14.4 Å². The quantitative estimate of drug-likeness (QED) is 0.467. The molecule has 3 heterocycles. The van der Waals surface area contributed by atoms with Crippen molar-refractivity contribution in [3.63, 3.8) is 0 Å². The maximum atomic E-state index is 13.9. The SMILES string of the molecule is Cc1ncsc1-c1ccc([C@H](C)NC(=O)[C@@H]2C[C@@H](O)CN2C(=O)[C@@H](C(C)C)N2Cc3ccccc3C2=O)cc1. The van der Waals surface area contributed by atoms with Crippen molar-refractivity contribution >= 4 is 29.1 Å². The monoisotopic (exact) mass is 546 g/mol. The number of carbonyl (C=O) groups excluding carboxylic acids is 3. The molecule has 3 amide bonds. The number of aliphatic hydroxyl groups excluding tert-OH is 1. The number of hydrogen-bond donors (Lipinski definition) is 2. The molecule has 2 aliphatic heterocycles. The van der Waals surface area contributed by atoms with Crippen molar-refractivity contribution < 1.29 is 19.5 Å². The van der Waals surface area contributed by atoms with E-state index in [-0.39, 0.29) is 42.6 Å². The zero-order valence-corrected chi connectivity index (χ0v) is 23.4. The molecule has 39 heavy (non-hydrogen) atoms. The van der Waals surface area contributed by atoms with Gasteiger partial charge in [-0.05, 0) is 42.5 Å². The van der Waals surface area contributed by atoms with Crippen LogP contribution in [0.2, 0.25) is 0 Å². The topological polar surface area (TPSA) is 103 Å². The zero-order chi connectivity index (χ0) is 27.8. The maximum absolute atomic E-state index is 13.9. The first kappa shape index (κ1) is 27.0. The standard InChI is InChI=1S/C30H34N4O4S/c1-17(2)26(34-14-22-7-5-6-8-24(22)29(34)37)30(38)33-15-23(35)13-25(33)28(36)32-18(3)20-9-11-21(12-10-20)27-19(4)31-16-39-27/h5-12,16-18,23,25-26,35H,13-15H2,1-4H3,(H,32,36)/t18-,23+,25-,26+/m0/s1. The van der Waals surface area contributed by atoms with Gasteiger partial charge in [-0.1, -0.05) is 56.3 Å². The number of fused-ring (bicyclic) bond motifs is 1. The number of β-amino-alcohol motifs (C(OH)–C–C–N with tert-alkyl or cyclic N) is 1. The molecule has 204 valence electrons. The third kappa shape index (κ3) is 5.21. The summed E-state index contributed by atoms with van der Waals surface area (Å²) in [6, 6.07) is 13.6. The van der Waals surface area contributed by atoms with Crippen LogP contribution in [0.15, 0.2) is 54.0 Å². The molecule has 5 rings (SSSR count). The van der Waals surface area contributed by atoms with Crippen LogP contribution in [0.4, 0.5) is 0 Å². The van der Waals surface area contributed by atoms with E-state index in [9.17, 15) is 19.5 Å². The predicted molar refractivity (Wildman–Crippen MR) is 150 cm³/mol. The Morgan fingerprint density at radius 2 is 1.82 bits per heavy atom. The molecule has 1 saturated heterocycles. The van der Waals surface area contributed by atoms with Crippen LogP contribution in [0.5, 0.6) is 0 Å². The molecule has 9 heteroatoms. The molecule has 3 aromatic rings. The van der Waals surface area contributed by atoms with Crippen molar-refractivity contribution in [2.24, 2.45) is 5.92 Å². The molecule has 1 aromatic heterocycles. The molecule has 8 nitrogen and oxygen atoms in total. The molecular weight excluding hydrogens is 512 g/mol. The molecule has 0 spiro atoms. The van der Waals surface area contributed by atoms with E-state index in [2.05, 4.69) is 10.3 Å². The lowest BCUT2D eigenvalue weighted by molar-refractivity contribution is -0.143. The van der Waals surface area contributed by atoms with Crippen LogP contribution in [0, 0.1) is 12.8 Å². The van der Waals surface area contributed by atoms with E-state index in [1.165, 1.54) is 4.90 Å². The van der Waals surface area contributed by atoms with Crippen LogP contribution in [0.1, 0.15) is 60.4 Å². The fraction of sp³-hybridized carbons (Fsp3) is 0.400. The number of carbonyl (C=O) groups is 3. The summed E-state index contributed by atoms with van der Waals surface area (Å²) in [7, 11) is 0. The molecule has 0 saturated carbocycles. The summed E-state index contributed by atoms with van der Waals surface area (Å²) in [5.41, 5.74) is 6.32. The van der Waals surface area contributed by atoms with Crippen molar-refractivity contribution in [2.45, 2.75) is 64.9 Å². The predicted octanol–water partition coefficient (Wildman–Crippen LogP) is 3.94. The Balaban J connectivity index is 1.30. The van der Waals surface area contributed by atoms with Gasteiger partial charge in [0.1, 0.15) is 12.1 Å². The van der Waals surface area contributed by atoms with Gasteiger partial charge in [-0.2, -0.15) is 0 Å². The molecule has 0 radical (unpaired) electrons. The number of thiazole rings is 1. The number of amides is 3. The van der Waals surface area contributed by atoms with Crippen molar-refractivity contribution in [3.8, 4) is 10.4 Å². The lowest BCUT2D eigenvalue weighted by Gasteiger charge is -2.35. The first-order chi connectivity index (χ1) is 18.7. The van der Waals surface area contributed by atoms with Gasteiger partial charge in [0.2, 0.25) is 11.8 Å². The van der Waals surface area contributed by atoms with Crippen LogP contribution in [0.25, 0.3) is 10.4 Å². The largest absolute Gasteiger partial charge is 0.391 e. The molecule has 0 bridgehead atoms. The second-order valence-corrected chi connectivity index (χ2v) is 11.6. The third-order valence-corrected chi connectivity index (χ3v) is 8.69. The summed E-state index contributed by atoms with van der Waals surface area (Å²) >= 11 is 1.59. The van der Waals surface area contributed by atoms with Gasteiger partial charge in [-0.25, -0.2) is 4.98 Å². The van der Waals surface area contributed by atoms with Crippen molar-refractivity contribution in [1.82, 2.24) is 20.1 Å². The highest BCUT2D eigenvalue weighted by atomic mass is 32.1. The Bertz CT molecular complexity index is 1390. The Labute approximate surface area is 232 Å². The molecule has 2 aromatic carbocycles. The average Bonchev–Trinajstić information content (AvgIpc) is 3.61. The van der Waals surface area contributed by atoms with Crippen molar-refractivity contribution in [2.75, 3.05) is 6.54 Å². The fourth-order valence-corrected chi connectivity index (χ4v) is 6.46. The third-order valence-electron chi connectivity index (χ3n) is 7.71. The molecule has 4 atom stereocenters. The number of benzene rings is 2. The van der Waals surface area contributed by atoms with Gasteiger partial charge >= 0.3 is 0 Å². The van der Waals surface area contributed by atoms with E-state index < -0.39 is 18.2 Å². The first-order valence-electron chi connectivity index (χ1n) is 13.3. The molecule has 1 fully saturated rings. The van der Waals surface area contributed by atoms with Crippen LogP contribution >= 0.6 is 11.3 Å². The smallest absolute Gasteiger partial charge is 0.255 e. The summed E-state index contributed by atoms with van der Waals surface area (Å²) in [5, 5.41) is 13.5. The van der Waals surface area contributed by atoms with E-state index in [1.54, 1.807) is 22.3 Å². The van der Waals surface area contributed by atoms with E-state index in [0.717, 1.165) is 27.3 Å². The van der Waals surface area contributed by atoms with Crippen molar-refractivity contribution in [3.05, 3.63) is 76.4 Å².